The number of benzene rings is 1. The van der Waals surface area contributed by atoms with E-state index in [0.29, 0.717) is 16.7 Å². The van der Waals surface area contributed by atoms with E-state index in [2.05, 4.69) is 45.6 Å². The van der Waals surface area contributed by atoms with Gasteiger partial charge in [-0.15, -0.1) is 11.3 Å². The summed E-state index contributed by atoms with van der Waals surface area (Å²) in [4.78, 5) is 24.3. The highest BCUT2D eigenvalue weighted by Gasteiger charge is 2.28. The summed E-state index contributed by atoms with van der Waals surface area (Å²) in [5.41, 5.74) is 2.26. The summed E-state index contributed by atoms with van der Waals surface area (Å²) in [6, 6.07) is 11.0. The number of carbonyl (C=O) groups is 1. The monoisotopic (exact) mass is 397 g/mol. The molecule has 3 heterocycles. The highest BCUT2D eigenvalue weighted by molar-refractivity contribution is 7.20. The van der Waals surface area contributed by atoms with E-state index in [-0.39, 0.29) is 5.97 Å². The molecule has 2 N–H and O–H groups in total. The van der Waals surface area contributed by atoms with Gasteiger partial charge in [-0.2, -0.15) is 0 Å². The molecule has 1 aliphatic rings. The normalized spacial score (nSPS) is 19.1. The number of nitrogens with one attached hydrogen (secondary N) is 2. The number of esters is 1. The zero-order valence-electron chi connectivity index (χ0n) is 16.4. The van der Waals surface area contributed by atoms with Crippen LogP contribution in [0.2, 0.25) is 0 Å². The Morgan fingerprint density at radius 2 is 2.07 bits per heavy atom. The number of nitrogens with zero attached hydrogens (tertiary/aromatic N) is 2. The van der Waals surface area contributed by atoms with Crippen molar-refractivity contribution in [3.63, 3.8) is 0 Å². The van der Waals surface area contributed by atoms with Crippen LogP contribution in [0.25, 0.3) is 10.2 Å². The number of thiophene rings is 1. The predicted molar refractivity (Wildman–Crippen MR) is 111 cm³/mol. The zero-order valence-corrected chi connectivity index (χ0v) is 17.2. The molecule has 0 radical (unpaired) electrons. The van der Waals surface area contributed by atoms with Crippen molar-refractivity contribution in [1.82, 2.24) is 9.97 Å². The van der Waals surface area contributed by atoms with E-state index in [0.717, 1.165) is 47.7 Å². The third-order valence-corrected chi connectivity index (χ3v) is 6.46. The fourth-order valence-corrected chi connectivity index (χ4v) is 5.07. The number of likely N-dealkylation sites (tertiary alicyclic amines) is 1. The molecule has 1 aliphatic heterocycles. The molecule has 2 atom stereocenters. The van der Waals surface area contributed by atoms with Crippen molar-refractivity contribution in [1.29, 1.82) is 0 Å². The van der Waals surface area contributed by atoms with E-state index in [1.54, 1.807) is 4.90 Å². The summed E-state index contributed by atoms with van der Waals surface area (Å²) in [7, 11) is 1.41. The quantitative estimate of drug-likeness (QED) is 0.647. The molecule has 0 amide bonds. The van der Waals surface area contributed by atoms with Crippen molar-refractivity contribution in [3.8, 4) is 0 Å². The van der Waals surface area contributed by atoms with Gasteiger partial charge in [0.15, 0.2) is 0 Å². The summed E-state index contributed by atoms with van der Waals surface area (Å²) >= 11 is 1.37. The summed E-state index contributed by atoms with van der Waals surface area (Å²) in [6.07, 6.45) is 1.10. The summed E-state index contributed by atoms with van der Waals surface area (Å²) in [5.74, 6) is 1.22. The minimum atomic E-state index is -0.316. The molecule has 0 spiro atoms. The molecule has 1 fully saturated rings. The minimum absolute atomic E-state index is 0.316. The smallest absolute Gasteiger partial charge is 0.348 e. The van der Waals surface area contributed by atoms with Gasteiger partial charge in [0.2, 0.25) is 0 Å². The fraction of sp³-hybridized carbons (Fsp3) is 0.381. The van der Waals surface area contributed by atoms with Crippen LogP contribution in [0.1, 0.15) is 33.0 Å². The Morgan fingerprint density at radius 3 is 2.82 bits per heavy atom. The standard InChI is InChI=1S/C21H24N4O2S/c1-13-17-19(22-14(2)23-20(17)28-18(13)21(26)27-3)24-16-9-10-25(12-16)11-15-7-5-4-6-8-15/h4-8,16H,9-12H2,1-3H3,(H,22,23,24)/p+1/t16-/m1/s1. The maximum Gasteiger partial charge on any atom is 0.348 e. The molecular formula is C21H25N4O2S+. The van der Waals surface area contributed by atoms with Crippen LogP contribution in [-0.2, 0) is 11.3 Å². The number of rotatable bonds is 5. The first kappa shape index (κ1) is 18.8. The van der Waals surface area contributed by atoms with E-state index in [1.807, 2.05) is 13.8 Å². The Labute approximate surface area is 168 Å². The van der Waals surface area contributed by atoms with Crippen LogP contribution < -0.4 is 10.2 Å². The number of aromatic nitrogens is 2. The number of ether oxygens (including phenoxy) is 1. The Hall–Kier alpha value is -2.51. The van der Waals surface area contributed by atoms with Crippen LogP contribution in [0.3, 0.4) is 0 Å². The summed E-state index contributed by atoms with van der Waals surface area (Å²) in [5, 5.41) is 4.57. The number of hydrogen-bond acceptors (Lipinski definition) is 6. The predicted octanol–water partition coefficient (Wildman–Crippen LogP) is 2.36. The van der Waals surface area contributed by atoms with Crippen molar-refractivity contribution in [2.75, 3.05) is 25.5 Å². The van der Waals surface area contributed by atoms with Gasteiger partial charge < -0.3 is 15.0 Å². The Kier molecular flexibility index (Phi) is 5.28. The van der Waals surface area contributed by atoms with Crippen molar-refractivity contribution >= 4 is 33.3 Å². The maximum atomic E-state index is 12.1. The first-order chi connectivity index (χ1) is 13.5. The van der Waals surface area contributed by atoms with Gasteiger partial charge in [0, 0.05) is 12.0 Å². The maximum absolute atomic E-state index is 12.1. The van der Waals surface area contributed by atoms with Gasteiger partial charge in [-0.3, -0.25) is 0 Å². The van der Waals surface area contributed by atoms with Crippen LogP contribution in [0.4, 0.5) is 5.82 Å². The molecule has 3 aromatic rings. The van der Waals surface area contributed by atoms with Crippen molar-refractivity contribution in [2.24, 2.45) is 0 Å². The lowest BCUT2D eigenvalue weighted by molar-refractivity contribution is -0.901. The van der Waals surface area contributed by atoms with Crippen LogP contribution in [0.15, 0.2) is 30.3 Å². The second kappa shape index (κ2) is 7.85. The second-order valence-corrected chi connectivity index (χ2v) is 8.34. The number of quaternary nitrogens is 1. The van der Waals surface area contributed by atoms with Gasteiger partial charge in [0.05, 0.1) is 31.6 Å². The number of anilines is 1. The van der Waals surface area contributed by atoms with Crippen LogP contribution in [0, 0.1) is 13.8 Å². The molecule has 7 heteroatoms. The van der Waals surface area contributed by atoms with Crippen molar-refractivity contribution in [2.45, 2.75) is 32.9 Å². The van der Waals surface area contributed by atoms with Crippen LogP contribution in [0.5, 0.6) is 0 Å². The molecule has 2 aromatic heterocycles. The molecule has 1 unspecified atom stereocenters. The number of aryl methyl sites for hydroxylation is 2. The fourth-order valence-electron chi connectivity index (χ4n) is 3.93. The number of fused-ring (bicyclic) bond motifs is 1. The summed E-state index contributed by atoms with van der Waals surface area (Å²) < 4.78 is 4.92. The van der Waals surface area contributed by atoms with Gasteiger partial charge in [-0.1, -0.05) is 30.3 Å². The molecule has 146 valence electrons. The lowest BCUT2D eigenvalue weighted by Gasteiger charge is -2.15. The van der Waals surface area contributed by atoms with E-state index in [9.17, 15) is 4.79 Å². The highest BCUT2D eigenvalue weighted by atomic mass is 32.1. The first-order valence-electron chi connectivity index (χ1n) is 9.55. The number of methoxy groups -OCH3 is 1. The zero-order chi connectivity index (χ0) is 19.7. The first-order valence-corrected chi connectivity index (χ1v) is 10.4. The van der Waals surface area contributed by atoms with Gasteiger partial charge in [0.1, 0.15) is 27.9 Å². The minimum Gasteiger partial charge on any atom is -0.465 e. The lowest BCUT2D eigenvalue weighted by atomic mass is 10.2. The van der Waals surface area contributed by atoms with Crippen LogP contribution >= 0.6 is 11.3 Å². The molecule has 28 heavy (non-hydrogen) atoms. The highest BCUT2D eigenvalue weighted by Crippen LogP contribution is 2.34. The van der Waals surface area contributed by atoms with E-state index < -0.39 is 0 Å². The average molecular weight is 398 g/mol. The van der Waals surface area contributed by atoms with Gasteiger partial charge in [0.25, 0.3) is 0 Å². The molecular weight excluding hydrogens is 372 g/mol. The third-order valence-electron chi connectivity index (χ3n) is 5.29. The second-order valence-electron chi connectivity index (χ2n) is 7.34. The molecule has 0 aliphatic carbocycles. The number of carbonyl (C=O) groups excluding carboxylic acids is 1. The Bertz CT molecular complexity index is 1000. The van der Waals surface area contributed by atoms with Crippen molar-refractivity contribution < 1.29 is 14.4 Å². The topological polar surface area (TPSA) is 68.5 Å². The van der Waals surface area contributed by atoms with Crippen LogP contribution in [-0.4, -0.2) is 42.2 Å². The van der Waals surface area contributed by atoms with E-state index >= 15 is 0 Å². The molecule has 4 rings (SSSR count). The molecule has 0 saturated carbocycles. The third kappa shape index (κ3) is 3.72. The van der Waals surface area contributed by atoms with Gasteiger partial charge in [-0.05, 0) is 19.4 Å². The van der Waals surface area contributed by atoms with Gasteiger partial charge >= 0.3 is 5.97 Å². The average Bonchev–Trinajstić information content (AvgIpc) is 3.26. The Morgan fingerprint density at radius 1 is 1.29 bits per heavy atom. The molecule has 1 aromatic carbocycles. The SMILES string of the molecule is COC(=O)c1sc2nc(C)nc(N[C@@H]3CC[NH+](Cc4ccccc4)C3)c2c1C. The van der Waals surface area contributed by atoms with Gasteiger partial charge in [-0.25, -0.2) is 14.8 Å². The van der Waals surface area contributed by atoms with E-state index in [1.165, 1.54) is 24.0 Å². The Balaban J connectivity index is 1.55. The number of hydrogen-bond donors (Lipinski definition) is 2. The molecule has 1 saturated heterocycles. The largest absolute Gasteiger partial charge is 0.465 e. The summed E-state index contributed by atoms with van der Waals surface area (Å²) in [6.45, 7) is 7.05. The molecule has 0 bridgehead atoms. The van der Waals surface area contributed by atoms with Crippen molar-refractivity contribution in [3.05, 3.63) is 52.2 Å². The van der Waals surface area contributed by atoms with E-state index in [4.69, 9.17) is 4.74 Å². The lowest BCUT2D eigenvalue weighted by Crippen LogP contribution is -3.09. The molecule has 6 nitrogen and oxygen atoms in total.